The van der Waals surface area contributed by atoms with E-state index in [9.17, 15) is 9.59 Å². The first-order valence-electron chi connectivity index (χ1n) is 7.49. The Balaban J connectivity index is 0.000000254. The number of rotatable bonds is 5. The number of unbranched alkanes of at least 4 members (excludes halogenated alkanes) is 1. The summed E-state index contributed by atoms with van der Waals surface area (Å²) in [6.45, 7) is 2.15. The molecule has 0 unspecified atom stereocenters. The van der Waals surface area contributed by atoms with Crippen LogP contribution in [0.5, 0.6) is 0 Å². The third kappa shape index (κ3) is 6.76. The van der Waals surface area contributed by atoms with Gasteiger partial charge in [-0.2, -0.15) is 0 Å². The van der Waals surface area contributed by atoms with Crippen LogP contribution in [0.25, 0.3) is 0 Å². The van der Waals surface area contributed by atoms with Gasteiger partial charge in [-0.05, 0) is 87.9 Å². The van der Waals surface area contributed by atoms with Crippen LogP contribution in [0.3, 0.4) is 0 Å². The molecule has 0 heterocycles. The van der Waals surface area contributed by atoms with E-state index in [0.717, 1.165) is 26.4 Å². The summed E-state index contributed by atoms with van der Waals surface area (Å²) < 4.78 is 1.82. The maximum absolute atomic E-state index is 11.1. The first-order valence-corrected chi connectivity index (χ1v) is 9.65. The molecule has 0 radical (unpaired) electrons. The quantitative estimate of drug-likeness (QED) is 0.550. The van der Waals surface area contributed by atoms with Gasteiger partial charge in [-0.3, -0.25) is 9.59 Å². The minimum atomic E-state index is -0.370. The number of carbonyl (C=O) groups is 2. The number of nitrogens with two attached hydrogens (primary N) is 2. The van der Waals surface area contributed by atoms with Crippen molar-refractivity contribution < 1.29 is 9.59 Å². The van der Waals surface area contributed by atoms with Gasteiger partial charge in [0, 0.05) is 7.14 Å². The molecule has 128 valence electrons. The fourth-order valence-electron chi connectivity index (χ4n) is 1.96. The second-order valence-corrected chi connectivity index (χ2v) is 7.45. The van der Waals surface area contributed by atoms with Crippen molar-refractivity contribution in [3.63, 3.8) is 0 Å². The highest BCUT2D eigenvalue weighted by Crippen LogP contribution is 2.15. The van der Waals surface area contributed by atoms with E-state index in [1.54, 1.807) is 12.1 Å². The molecule has 0 aliphatic carbocycles. The van der Waals surface area contributed by atoms with Crippen LogP contribution in [-0.2, 0) is 6.42 Å². The lowest BCUT2D eigenvalue weighted by molar-refractivity contribution is 0.0991. The predicted molar refractivity (Wildman–Crippen MR) is 114 cm³/mol. The molecular formula is C18H20I2N2O2. The number of benzene rings is 2. The van der Waals surface area contributed by atoms with Gasteiger partial charge in [-0.15, -0.1) is 0 Å². The molecular weight excluding hydrogens is 530 g/mol. The van der Waals surface area contributed by atoms with Crippen LogP contribution in [0.15, 0.2) is 42.5 Å². The molecule has 0 spiro atoms. The zero-order valence-corrected chi connectivity index (χ0v) is 17.7. The highest BCUT2D eigenvalue weighted by Gasteiger charge is 2.06. The summed E-state index contributed by atoms with van der Waals surface area (Å²) in [5.74, 6) is -0.710. The highest BCUT2D eigenvalue weighted by atomic mass is 127. The Bertz CT molecular complexity index is 718. The van der Waals surface area contributed by atoms with Crippen molar-refractivity contribution in [2.24, 2.45) is 11.5 Å². The molecule has 2 rings (SSSR count). The molecule has 2 aromatic rings. The zero-order chi connectivity index (χ0) is 18.1. The van der Waals surface area contributed by atoms with Crippen molar-refractivity contribution in [1.29, 1.82) is 0 Å². The van der Waals surface area contributed by atoms with Gasteiger partial charge < -0.3 is 11.5 Å². The van der Waals surface area contributed by atoms with E-state index in [0.29, 0.717) is 11.1 Å². The van der Waals surface area contributed by atoms with Crippen LogP contribution in [0.2, 0.25) is 0 Å². The Labute approximate surface area is 169 Å². The van der Waals surface area contributed by atoms with Crippen molar-refractivity contribution >= 4 is 57.0 Å². The Hall–Kier alpha value is -1.16. The van der Waals surface area contributed by atoms with E-state index >= 15 is 0 Å². The van der Waals surface area contributed by atoms with Crippen molar-refractivity contribution in [1.82, 2.24) is 0 Å². The summed E-state index contributed by atoms with van der Waals surface area (Å²) in [6, 6.07) is 13.1. The van der Waals surface area contributed by atoms with Gasteiger partial charge in [-0.25, -0.2) is 0 Å². The van der Waals surface area contributed by atoms with Gasteiger partial charge in [0.15, 0.2) is 0 Å². The molecule has 0 aromatic heterocycles. The summed E-state index contributed by atoms with van der Waals surface area (Å²) >= 11 is 4.20. The Morgan fingerprint density at radius 3 is 2.00 bits per heavy atom. The monoisotopic (exact) mass is 550 g/mol. The first kappa shape index (κ1) is 20.9. The van der Waals surface area contributed by atoms with Crippen molar-refractivity contribution in [3.05, 3.63) is 66.3 Å². The van der Waals surface area contributed by atoms with Gasteiger partial charge in [0.1, 0.15) is 0 Å². The van der Waals surface area contributed by atoms with Crippen LogP contribution < -0.4 is 11.5 Å². The molecule has 0 fully saturated rings. The van der Waals surface area contributed by atoms with E-state index in [-0.39, 0.29) is 11.8 Å². The Kier molecular flexibility index (Phi) is 9.27. The molecule has 0 saturated carbocycles. The Morgan fingerprint density at radius 1 is 0.917 bits per heavy atom. The van der Waals surface area contributed by atoms with Crippen LogP contribution >= 0.6 is 45.2 Å². The molecule has 0 saturated heterocycles. The van der Waals surface area contributed by atoms with Gasteiger partial charge in [0.2, 0.25) is 11.8 Å². The fraction of sp³-hybridized carbons (Fsp3) is 0.222. The summed E-state index contributed by atoms with van der Waals surface area (Å²) in [5.41, 5.74) is 12.8. The molecule has 0 aliphatic rings. The molecule has 4 N–H and O–H groups in total. The zero-order valence-electron chi connectivity index (χ0n) is 13.4. The van der Waals surface area contributed by atoms with Crippen LogP contribution in [-0.4, -0.2) is 11.8 Å². The maximum Gasteiger partial charge on any atom is 0.249 e. The standard InChI is InChI=1S/C11H14INO.C7H6INO/c1-2-3-4-8-5-6-10(12)9(7-8)11(13)14;8-6-4-2-1-3-5(6)7(9)10/h5-7H,2-4H2,1H3,(H2,13,14);1-4H,(H2,9,10). The van der Waals surface area contributed by atoms with Crippen molar-refractivity contribution in [2.75, 3.05) is 0 Å². The average molecular weight is 550 g/mol. The highest BCUT2D eigenvalue weighted by molar-refractivity contribution is 14.1. The molecule has 0 bridgehead atoms. The minimum absolute atomic E-state index is 0.340. The van der Waals surface area contributed by atoms with E-state index < -0.39 is 0 Å². The third-order valence-electron chi connectivity index (χ3n) is 3.25. The number of hydrogen-bond donors (Lipinski definition) is 2. The normalized spacial score (nSPS) is 9.79. The number of carbonyl (C=O) groups excluding carboxylic acids is 2. The van der Waals surface area contributed by atoms with Gasteiger partial charge in [0.05, 0.1) is 11.1 Å². The van der Waals surface area contributed by atoms with E-state index in [1.807, 2.05) is 24.3 Å². The molecule has 2 amide bonds. The van der Waals surface area contributed by atoms with E-state index in [2.05, 4.69) is 58.2 Å². The fourth-order valence-corrected chi connectivity index (χ4v) is 3.21. The number of amides is 2. The van der Waals surface area contributed by atoms with Crippen molar-refractivity contribution in [2.45, 2.75) is 26.2 Å². The van der Waals surface area contributed by atoms with Gasteiger partial charge in [-0.1, -0.05) is 31.5 Å². The number of hydrogen-bond acceptors (Lipinski definition) is 2. The number of halogens is 2. The lowest BCUT2D eigenvalue weighted by Gasteiger charge is -2.04. The molecule has 0 aliphatic heterocycles. The summed E-state index contributed by atoms with van der Waals surface area (Å²) in [4.78, 5) is 21.7. The molecule has 24 heavy (non-hydrogen) atoms. The minimum Gasteiger partial charge on any atom is -0.366 e. The lowest BCUT2D eigenvalue weighted by Crippen LogP contribution is -2.13. The van der Waals surface area contributed by atoms with Gasteiger partial charge in [0.25, 0.3) is 0 Å². The predicted octanol–water partition coefficient (Wildman–Crippen LogP) is 4.12. The molecule has 2 aromatic carbocycles. The average Bonchev–Trinajstić information content (AvgIpc) is 2.54. The smallest absolute Gasteiger partial charge is 0.249 e. The van der Waals surface area contributed by atoms with Crippen LogP contribution in [0.1, 0.15) is 46.0 Å². The third-order valence-corrected chi connectivity index (χ3v) is 5.14. The summed E-state index contributed by atoms with van der Waals surface area (Å²) in [5, 5.41) is 0. The van der Waals surface area contributed by atoms with E-state index in [4.69, 9.17) is 11.5 Å². The lowest BCUT2D eigenvalue weighted by atomic mass is 10.1. The summed E-state index contributed by atoms with van der Waals surface area (Å²) in [6.07, 6.45) is 3.34. The Morgan fingerprint density at radius 2 is 1.50 bits per heavy atom. The van der Waals surface area contributed by atoms with Crippen LogP contribution in [0, 0.1) is 7.14 Å². The maximum atomic E-state index is 11.1. The van der Waals surface area contributed by atoms with Crippen molar-refractivity contribution in [3.8, 4) is 0 Å². The molecule has 6 heteroatoms. The SMILES string of the molecule is CCCCc1ccc(I)c(C(N)=O)c1.NC(=O)c1ccccc1I. The number of aryl methyl sites for hydroxylation is 1. The second-order valence-electron chi connectivity index (χ2n) is 5.13. The van der Waals surface area contributed by atoms with E-state index in [1.165, 1.54) is 5.56 Å². The topological polar surface area (TPSA) is 86.2 Å². The largest absolute Gasteiger partial charge is 0.366 e. The first-order chi connectivity index (χ1) is 11.4. The van der Waals surface area contributed by atoms with Crippen LogP contribution in [0.4, 0.5) is 0 Å². The molecule has 0 atom stereocenters. The summed E-state index contributed by atoms with van der Waals surface area (Å²) in [7, 11) is 0. The second kappa shape index (κ2) is 10.7. The number of primary amides is 2. The molecule has 4 nitrogen and oxygen atoms in total. The van der Waals surface area contributed by atoms with Gasteiger partial charge >= 0.3 is 0 Å².